The Morgan fingerprint density at radius 3 is 2.36 bits per heavy atom. The number of allylic oxidation sites excluding steroid dienone is 1. The van der Waals surface area contributed by atoms with Crippen LogP contribution in [-0.2, 0) is 9.59 Å². The maximum atomic E-state index is 11.7. The minimum atomic E-state index is -0.179. The van der Waals surface area contributed by atoms with Crippen LogP contribution in [0.3, 0.4) is 0 Å². The summed E-state index contributed by atoms with van der Waals surface area (Å²) in [6.07, 6.45) is 1.53. The summed E-state index contributed by atoms with van der Waals surface area (Å²) >= 11 is 1.37. The summed E-state index contributed by atoms with van der Waals surface area (Å²) in [6, 6.07) is 7.39. The average molecular weight is 315 g/mol. The number of carbonyl (C=O) groups is 2. The summed E-state index contributed by atoms with van der Waals surface area (Å²) in [5.74, 6) is -0.285. The van der Waals surface area contributed by atoms with Crippen molar-refractivity contribution >= 4 is 34.0 Å². The summed E-state index contributed by atoms with van der Waals surface area (Å²) < 4.78 is 0. The monoisotopic (exact) mass is 315 g/mol. The van der Waals surface area contributed by atoms with Crippen molar-refractivity contribution in [1.82, 2.24) is 4.98 Å². The lowest BCUT2D eigenvalue weighted by molar-refractivity contribution is -0.114. The first-order valence-corrected chi connectivity index (χ1v) is 7.61. The van der Waals surface area contributed by atoms with Crippen LogP contribution in [0.15, 0.2) is 41.3 Å². The van der Waals surface area contributed by atoms with Gasteiger partial charge in [-0.3, -0.25) is 14.9 Å². The van der Waals surface area contributed by atoms with Gasteiger partial charge < -0.3 is 5.32 Å². The molecule has 0 saturated carbocycles. The van der Waals surface area contributed by atoms with Gasteiger partial charge in [-0.2, -0.15) is 0 Å². The average Bonchev–Trinajstić information content (AvgIpc) is 2.86. The van der Waals surface area contributed by atoms with Gasteiger partial charge in [-0.1, -0.05) is 17.7 Å². The fraction of sp³-hybridized carbons (Fsp3) is 0.188. The fourth-order valence-corrected chi connectivity index (χ4v) is 2.52. The first-order chi connectivity index (χ1) is 10.4. The Hall–Kier alpha value is -2.47. The molecule has 0 aliphatic rings. The van der Waals surface area contributed by atoms with E-state index in [9.17, 15) is 9.59 Å². The number of amides is 2. The number of hydrogen-bond donors (Lipinski definition) is 2. The van der Waals surface area contributed by atoms with Crippen LogP contribution in [0.1, 0.15) is 20.8 Å². The van der Waals surface area contributed by atoms with E-state index in [0.29, 0.717) is 5.13 Å². The maximum Gasteiger partial charge on any atom is 0.250 e. The second-order valence-electron chi connectivity index (χ2n) is 5.01. The van der Waals surface area contributed by atoms with Crippen LogP contribution >= 0.6 is 11.3 Å². The molecule has 22 heavy (non-hydrogen) atoms. The zero-order valence-corrected chi connectivity index (χ0v) is 13.5. The predicted octanol–water partition coefficient (Wildman–Crippen LogP) is 3.67. The summed E-state index contributed by atoms with van der Waals surface area (Å²) in [7, 11) is 0. The molecule has 0 unspecified atom stereocenters. The van der Waals surface area contributed by atoms with Crippen molar-refractivity contribution in [2.75, 3.05) is 10.6 Å². The van der Waals surface area contributed by atoms with Crippen molar-refractivity contribution in [2.24, 2.45) is 0 Å². The topological polar surface area (TPSA) is 71.1 Å². The first kappa shape index (κ1) is 15.9. The summed E-state index contributed by atoms with van der Waals surface area (Å²) in [5.41, 5.74) is 3.38. The molecule has 2 amide bonds. The number of anilines is 2. The number of carbonyl (C=O) groups excluding carboxylic acids is 2. The smallest absolute Gasteiger partial charge is 0.250 e. The number of benzene rings is 1. The van der Waals surface area contributed by atoms with E-state index in [0.717, 1.165) is 22.5 Å². The highest BCUT2D eigenvalue weighted by molar-refractivity contribution is 7.14. The molecule has 2 N–H and O–H groups in total. The molecule has 1 aromatic carbocycles. The zero-order valence-electron chi connectivity index (χ0n) is 12.6. The Bertz CT molecular complexity index is 713. The van der Waals surface area contributed by atoms with Crippen LogP contribution in [-0.4, -0.2) is 16.8 Å². The molecule has 0 saturated heterocycles. The lowest BCUT2D eigenvalue weighted by Gasteiger charge is -2.02. The summed E-state index contributed by atoms with van der Waals surface area (Å²) in [5, 5.41) is 7.89. The summed E-state index contributed by atoms with van der Waals surface area (Å²) in [4.78, 5) is 27.0. The van der Waals surface area contributed by atoms with Crippen molar-refractivity contribution in [2.45, 2.75) is 20.8 Å². The van der Waals surface area contributed by atoms with E-state index in [1.54, 1.807) is 0 Å². The zero-order chi connectivity index (χ0) is 16.1. The molecule has 0 bridgehead atoms. The van der Waals surface area contributed by atoms with Gasteiger partial charge in [-0.05, 0) is 26.0 Å². The first-order valence-electron chi connectivity index (χ1n) is 6.73. The highest BCUT2D eigenvalue weighted by Gasteiger charge is 2.07. The molecule has 2 rings (SSSR count). The van der Waals surface area contributed by atoms with Crippen molar-refractivity contribution in [3.05, 3.63) is 41.3 Å². The molecule has 0 aliphatic heterocycles. The highest BCUT2D eigenvalue weighted by atomic mass is 32.1. The number of aromatic nitrogens is 1. The molecular formula is C16H17N3O2S. The van der Waals surface area contributed by atoms with Crippen LogP contribution in [0, 0.1) is 0 Å². The Labute approximate surface area is 133 Å². The van der Waals surface area contributed by atoms with Gasteiger partial charge in [0.05, 0.1) is 5.69 Å². The van der Waals surface area contributed by atoms with Crippen LogP contribution in [0.25, 0.3) is 11.3 Å². The van der Waals surface area contributed by atoms with Gasteiger partial charge in [0.25, 0.3) is 0 Å². The van der Waals surface area contributed by atoms with Crippen LogP contribution in [0.5, 0.6) is 0 Å². The van der Waals surface area contributed by atoms with Gasteiger partial charge in [0.1, 0.15) is 0 Å². The van der Waals surface area contributed by atoms with E-state index in [1.165, 1.54) is 24.3 Å². The lowest BCUT2D eigenvalue weighted by Crippen LogP contribution is -2.08. The predicted molar refractivity (Wildman–Crippen MR) is 89.9 cm³/mol. The van der Waals surface area contributed by atoms with E-state index in [1.807, 2.05) is 43.5 Å². The van der Waals surface area contributed by atoms with Gasteiger partial charge in [-0.25, -0.2) is 4.98 Å². The molecule has 0 fully saturated rings. The summed E-state index contributed by atoms with van der Waals surface area (Å²) in [6.45, 7) is 5.20. The molecule has 6 heteroatoms. The number of rotatable bonds is 4. The molecule has 2 aromatic rings. The van der Waals surface area contributed by atoms with Gasteiger partial charge in [0.2, 0.25) is 11.8 Å². The standard InChI is InChI=1S/C16H17N3O2S/c1-10(2)8-15(21)19-16-18-14(9-22-16)12-4-6-13(7-5-12)17-11(3)20/h4-9H,1-3H3,(H,17,20)(H,18,19,21). The molecule has 114 valence electrons. The molecule has 0 atom stereocenters. The van der Waals surface area contributed by atoms with Crippen LogP contribution in [0.2, 0.25) is 0 Å². The quantitative estimate of drug-likeness (QED) is 0.846. The van der Waals surface area contributed by atoms with Gasteiger partial charge >= 0.3 is 0 Å². The van der Waals surface area contributed by atoms with E-state index < -0.39 is 0 Å². The second-order valence-corrected chi connectivity index (χ2v) is 5.87. The largest absolute Gasteiger partial charge is 0.326 e. The Balaban J connectivity index is 2.09. The van der Waals surface area contributed by atoms with Crippen molar-refractivity contribution < 1.29 is 9.59 Å². The number of hydrogen-bond acceptors (Lipinski definition) is 4. The third kappa shape index (κ3) is 4.53. The normalized spacial score (nSPS) is 9.95. The molecular weight excluding hydrogens is 298 g/mol. The molecule has 0 radical (unpaired) electrons. The van der Waals surface area contributed by atoms with Crippen molar-refractivity contribution in [3.8, 4) is 11.3 Å². The lowest BCUT2D eigenvalue weighted by atomic mass is 10.1. The third-order valence-corrected chi connectivity index (χ3v) is 3.41. The maximum absolute atomic E-state index is 11.7. The second kappa shape index (κ2) is 7.00. The van der Waals surface area contributed by atoms with Crippen LogP contribution in [0.4, 0.5) is 10.8 Å². The third-order valence-electron chi connectivity index (χ3n) is 2.66. The molecule has 0 spiro atoms. The Morgan fingerprint density at radius 1 is 1.09 bits per heavy atom. The fourth-order valence-electron chi connectivity index (χ4n) is 1.79. The van der Waals surface area contributed by atoms with Gasteiger partial charge in [0.15, 0.2) is 5.13 Å². The minimum absolute atomic E-state index is 0.106. The molecule has 1 aromatic heterocycles. The highest BCUT2D eigenvalue weighted by Crippen LogP contribution is 2.26. The Morgan fingerprint density at radius 2 is 1.77 bits per heavy atom. The minimum Gasteiger partial charge on any atom is -0.326 e. The van der Waals surface area contributed by atoms with Crippen molar-refractivity contribution in [3.63, 3.8) is 0 Å². The number of thiazole rings is 1. The van der Waals surface area contributed by atoms with Gasteiger partial charge in [0, 0.05) is 29.6 Å². The SMILES string of the molecule is CC(=O)Nc1ccc(-c2csc(NC(=O)C=C(C)C)n2)cc1. The van der Waals surface area contributed by atoms with Crippen molar-refractivity contribution in [1.29, 1.82) is 0 Å². The number of nitrogens with zero attached hydrogens (tertiary/aromatic N) is 1. The van der Waals surface area contributed by atoms with E-state index >= 15 is 0 Å². The molecule has 1 heterocycles. The van der Waals surface area contributed by atoms with Gasteiger partial charge in [-0.15, -0.1) is 11.3 Å². The van der Waals surface area contributed by atoms with E-state index in [4.69, 9.17) is 0 Å². The number of nitrogens with one attached hydrogen (secondary N) is 2. The molecule has 0 aliphatic carbocycles. The van der Waals surface area contributed by atoms with E-state index in [-0.39, 0.29) is 11.8 Å². The van der Waals surface area contributed by atoms with Crippen LogP contribution < -0.4 is 10.6 Å². The van der Waals surface area contributed by atoms with E-state index in [2.05, 4.69) is 15.6 Å². The molecule has 5 nitrogen and oxygen atoms in total. The Kier molecular flexibility index (Phi) is 5.06.